The number of hydrogen-bond acceptors (Lipinski definition) is 7. The third-order valence-electron chi connectivity index (χ3n) is 6.74. The number of morpholine rings is 1. The van der Waals surface area contributed by atoms with Gasteiger partial charge in [0, 0.05) is 45.1 Å². The van der Waals surface area contributed by atoms with E-state index in [2.05, 4.69) is 21.8 Å². The molecule has 1 unspecified atom stereocenters. The first kappa shape index (κ1) is 27.9. The van der Waals surface area contributed by atoms with Crippen molar-refractivity contribution in [2.75, 3.05) is 53.6 Å². The van der Waals surface area contributed by atoms with Crippen molar-refractivity contribution in [3.63, 3.8) is 0 Å². The summed E-state index contributed by atoms with van der Waals surface area (Å²) in [5, 5.41) is 9.07. The lowest BCUT2D eigenvalue weighted by Gasteiger charge is -2.39. The van der Waals surface area contributed by atoms with Crippen molar-refractivity contribution in [1.29, 1.82) is 0 Å². The number of aryl methyl sites for hydroxylation is 1. The predicted octanol–water partition coefficient (Wildman–Crippen LogP) is 2.38. The second kappa shape index (κ2) is 16.3. The molecule has 0 bridgehead atoms. The van der Waals surface area contributed by atoms with E-state index in [0.29, 0.717) is 25.5 Å². The summed E-state index contributed by atoms with van der Waals surface area (Å²) < 4.78 is 12.3. The summed E-state index contributed by atoms with van der Waals surface area (Å²) in [5.74, 6) is 0.855. The molecule has 1 atom stereocenters. The number of ether oxygens (including phenoxy) is 2. The molecule has 2 aliphatic heterocycles. The Morgan fingerprint density at radius 1 is 1.18 bits per heavy atom. The summed E-state index contributed by atoms with van der Waals surface area (Å²) in [4.78, 5) is 19.4. The Kier molecular flexibility index (Phi) is 13.8. The van der Waals surface area contributed by atoms with E-state index in [9.17, 15) is 4.79 Å². The van der Waals surface area contributed by atoms with Gasteiger partial charge in [0.1, 0.15) is 12.1 Å². The van der Waals surface area contributed by atoms with E-state index in [0.717, 1.165) is 44.5 Å². The smallest absolute Gasteiger partial charge is 0.139 e. The molecule has 1 aromatic heterocycles. The predicted molar refractivity (Wildman–Crippen MR) is 130 cm³/mol. The number of carbonyl (C=O) groups is 1. The van der Waals surface area contributed by atoms with Gasteiger partial charge in [0.25, 0.3) is 0 Å². The zero-order chi connectivity index (χ0) is 23.9. The number of aldehydes is 1. The second-order valence-corrected chi connectivity index (χ2v) is 9.38. The summed E-state index contributed by atoms with van der Waals surface area (Å²) in [6.07, 6.45) is 14.0. The number of nitrogens with zero attached hydrogens (tertiary/aromatic N) is 4. The van der Waals surface area contributed by atoms with Gasteiger partial charge in [-0.15, -0.1) is 0 Å². The number of piperidine rings is 1. The largest absolute Gasteiger partial charge is 0.393 e. The highest BCUT2D eigenvalue weighted by atomic mass is 16.5. The first-order valence-corrected chi connectivity index (χ1v) is 12.7. The highest BCUT2D eigenvalue weighted by Crippen LogP contribution is 2.19. The van der Waals surface area contributed by atoms with Crippen molar-refractivity contribution in [3.05, 3.63) is 18.2 Å². The lowest BCUT2D eigenvalue weighted by Crippen LogP contribution is -2.48. The molecule has 0 radical (unpaired) electrons. The van der Waals surface area contributed by atoms with Gasteiger partial charge in [-0.25, -0.2) is 4.98 Å². The average Bonchev–Trinajstić information content (AvgIpc) is 3.52. The molecule has 1 saturated carbocycles. The third-order valence-corrected chi connectivity index (χ3v) is 6.74. The van der Waals surface area contributed by atoms with Crippen LogP contribution in [0.4, 0.5) is 0 Å². The van der Waals surface area contributed by atoms with Crippen molar-refractivity contribution in [3.8, 4) is 0 Å². The number of imidazole rings is 1. The fourth-order valence-corrected chi connectivity index (χ4v) is 4.58. The highest BCUT2D eigenvalue weighted by molar-refractivity contribution is 5.49. The molecule has 8 heteroatoms. The van der Waals surface area contributed by atoms with Crippen LogP contribution in [0, 0.1) is 0 Å². The summed E-state index contributed by atoms with van der Waals surface area (Å²) in [6.45, 7) is 8.79. The van der Waals surface area contributed by atoms with E-state index in [1.165, 1.54) is 51.6 Å². The quantitative estimate of drug-likeness (QED) is 0.618. The summed E-state index contributed by atoms with van der Waals surface area (Å²) in [5.41, 5.74) is 0. The van der Waals surface area contributed by atoms with Crippen LogP contribution in [0.15, 0.2) is 12.4 Å². The molecule has 190 valence electrons. The minimum atomic E-state index is -0.318. The molecular weight excluding hydrogens is 420 g/mol. The second-order valence-electron chi connectivity index (χ2n) is 9.38. The Labute approximate surface area is 200 Å². The number of hydrogen-bond donors (Lipinski definition) is 1. The number of aromatic nitrogens is 2. The first-order valence-electron chi connectivity index (χ1n) is 12.7. The Morgan fingerprint density at radius 2 is 1.85 bits per heavy atom. The molecular formula is C25H46N4O4. The van der Waals surface area contributed by atoms with Gasteiger partial charge < -0.3 is 28.8 Å². The zero-order valence-electron chi connectivity index (χ0n) is 21.0. The number of aliphatic hydroxyl groups is 1. The van der Waals surface area contributed by atoms with Gasteiger partial charge in [0.15, 0.2) is 0 Å². The van der Waals surface area contributed by atoms with Crippen molar-refractivity contribution >= 4 is 6.29 Å². The van der Waals surface area contributed by atoms with Gasteiger partial charge in [0.05, 0.1) is 32.0 Å². The van der Waals surface area contributed by atoms with Crippen molar-refractivity contribution in [2.24, 2.45) is 0 Å². The molecule has 1 N–H and O–H groups in total. The van der Waals surface area contributed by atoms with E-state index >= 15 is 0 Å². The van der Waals surface area contributed by atoms with Crippen LogP contribution in [0.1, 0.15) is 57.7 Å². The third kappa shape index (κ3) is 11.1. The Bertz CT molecular complexity index is 620. The molecule has 0 amide bonds. The van der Waals surface area contributed by atoms with Crippen molar-refractivity contribution in [1.82, 2.24) is 19.4 Å². The monoisotopic (exact) mass is 466 g/mol. The molecule has 0 aromatic carbocycles. The Balaban J connectivity index is 0.000000184. The SMILES string of the molecule is CC(O)CCc1nccn1CC=O.CN1CCC(N2CCOCC2)CC1.COC1CCCC1. The van der Waals surface area contributed by atoms with Gasteiger partial charge in [-0.3, -0.25) is 4.90 Å². The molecule has 8 nitrogen and oxygen atoms in total. The fourth-order valence-electron chi connectivity index (χ4n) is 4.58. The first-order chi connectivity index (χ1) is 16.0. The average molecular weight is 467 g/mol. The number of carbonyl (C=O) groups excluding carboxylic acids is 1. The van der Waals surface area contributed by atoms with E-state index in [1.54, 1.807) is 31.0 Å². The molecule has 33 heavy (non-hydrogen) atoms. The van der Waals surface area contributed by atoms with Gasteiger partial charge in [-0.05, 0) is 59.2 Å². The number of methoxy groups -OCH3 is 1. The number of rotatable bonds is 7. The van der Waals surface area contributed by atoms with Crippen LogP contribution in [-0.4, -0.2) is 103 Å². The van der Waals surface area contributed by atoms with Crippen LogP contribution < -0.4 is 0 Å². The normalized spacial score (nSPS) is 21.6. The van der Waals surface area contributed by atoms with Gasteiger partial charge in [-0.2, -0.15) is 0 Å². The van der Waals surface area contributed by atoms with Crippen LogP contribution in [-0.2, 0) is 27.2 Å². The van der Waals surface area contributed by atoms with Gasteiger partial charge >= 0.3 is 0 Å². The van der Waals surface area contributed by atoms with E-state index < -0.39 is 0 Å². The maximum absolute atomic E-state index is 10.3. The van der Waals surface area contributed by atoms with Crippen LogP contribution >= 0.6 is 0 Å². The van der Waals surface area contributed by atoms with Crippen molar-refractivity contribution < 1.29 is 19.4 Å². The minimum absolute atomic E-state index is 0.318. The van der Waals surface area contributed by atoms with E-state index in [1.807, 2.05) is 0 Å². The van der Waals surface area contributed by atoms with E-state index in [-0.39, 0.29) is 6.10 Å². The molecule has 2 saturated heterocycles. The van der Waals surface area contributed by atoms with E-state index in [4.69, 9.17) is 14.6 Å². The van der Waals surface area contributed by atoms with Crippen LogP contribution in [0.25, 0.3) is 0 Å². The number of likely N-dealkylation sites (tertiary alicyclic amines) is 1. The van der Waals surface area contributed by atoms with Gasteiger partial charge in [0.2, 0.25) is 0 Å². The molecule has 3 fully saturated rings. The summed E-state index contributed by atoms with van der Waals surface area (Å²) >= 11 is 0. The molecule has 4 rings (SSSR count). The van der Waals surface area contributed by atoms with Gasteiger partial charge in [-0.1, -0.05) is 12.8 Å². The standard InChI is InChI=1S/C10H20N2O.C9H14N2O2.C6H12O/c1-11-4-2-10(3-5-11)12-6-8-13-9-7-12;1-8(13)2-3-9-10-4-5-11(9)6-7-12;1-7-6-4-2-3-5-6/h10H,2-9H2,1H3;4-5,7-8,13H,2-3,6H2,1H3;6H,2-5H2,1H3. The Morgan fingerprint density at radius 3 is 2.39 bits per heavy atom. The highest BCUT2D eigenvalue weighted by Gasteiger charge is 2.24. The maximum atomic E-state index is 10.3. The summed E-state index contributed by atoms with van der Waals surface area (Å²) in [7, 11) is 4.02. The fraction of sp³-hybridized carbons (Fsp3) is 0.840. The number of aliphatic hydroxyl groups excluding tert-OH is 1. The van der Waals surface area contributed by atoms with Crippen LogP contribution in [0.5, 0.6) is 0 Å². The summed E-state index contributed by atoms with van der Waals surface area (Å²) in [6, 6.07) is 0.833. The molecule has 3 heterocycles. The molecule has 1 aliphatic carbocycles. The zero-order valence-corrected chi connectivity index (χ0v) is 21.0. The molecule has 3 aliphatic rings. The molecule has 1 aromatic rings. The van der Waals surface area contributed by atoms with Crippen molar-refractivity contribution in [2.45, 2.75) is 83.1 Å². The Hall–Kier alpha value is -1.32. The lowest BCUT2D eigenvalue weighted by molar-refractivity contribution is -0.108. The van der Waals surface area contributed by atoms with Crippen LogP contribution in [0.2, 0.25) is 0 Å². The maximum Gasteiger partial charge on any atom is 0.139 e. The lowest BCUT2D eigenvalue weighted by atomic mass is 10.0. The molecule has 0 spiro atoms. The minimum Gasteiger partial charge on any atom is -0.393 e. The topological polar surface area (TPSA) is 80.1 Å². The van der Waals surface area contributed by atoms with Crippen LogP contribution in [0.3, 0.4) is 0 Å².